The number of fused-ring (bicyclic) bond motifs is 1. The standard InChI is InChI=1S/C17H20N4O2S/c1-12-4-6-14(7-5-12)23-9-8-20(3)11-15-19-21-16(22)10-13(2)18-17(21)24-15/h4-7,10H,8-9,11H2,1-3H3. The van der Waals surface area contributed by atoms with Crippen LogP contribution in [0.5, 0.6) is 5.75 Å². The van der Waals surface area contributed by atoms with Crippen LogP contribution in [0, 0.1) is 13.8 Å². The normalized spacial score (nSPS) is 11.3. The van der Waals surface area contributed by atoms with Gasteiger partial charge in [0.05, 0.1) is 6.54 Å². The number of ether oxygens (including phenoxy) is 1. The van der Waals surface area contributed by atoms with Crippen molar-refractivity contribution in [2.24, 2.45) is 0 Å². The van der Waals surface area contributed by atoms with Gasteiger partial charge in [0.25, 0.3) is 5.56 Å². The molecule has 2 aromatic heterocycles. The Hall–Kier alpha value is -2.25. The van der Waals surface area contributed by atoms with E-state index in [1.54, 1.807) is 0 Å². The molecule has 0 spiro atoms. The van der Waals surface area contributed by atoms with E-state index in [1.807, 2.05) is 38.2 Å². The van der Waals surface area contributed by atoms with Gasteiger partial charge in [-0.2, -0.15) is 9.61 Å². The molecule has 1 aromatic carbocycles. The summed E-state index contributed by atoms with van der Waals surface area (Å²) in [5.74, 6) is 0.875. The van der Waals surface area contributed by atoms with Crippen LogP contribution in [0.3, 0.4) is 0 Å². The van der Waals surface area contributed by atoms with Gasteiger partial charge >= 0.3 is 0 Å². The summed E-state index contributed by atoms with van der Waals surface area (Å²) >= 11 is 1.44. The van der Waals surface area contributed by atoms with Crippen LogP contribution in [0.25, 0.3) is 4.96 Å². The van der Waals surface area contributed by atoms with E-state index in [0.29, 0.717) is 18.1 Å². The molecule has 3 aromatic rings. The maximum absolute atomic E-state index is 11.9. The zero-order chi connectivity index (χ0) is 17.1. The average Bonchev–Trinajstić information content (AvgIpc) is 2.92. The Bertz CT molecular complexity index is 886. The van der Waals surface area contributed by atoms with Crippen molar-refractivity contribution in [1.82, 2.24) is 19.5 Å². The third kappa shape index (κ3) is 3.98. The minimum atomic E-state index is -0.134. The number of hydrogen-bond acceptors (Lipinski definition) is 6. The van der Waals surface area contributed by atoms with Crippen LogP contribution in [-0.4, -0.2) is 39.7 Å². The first-order valence-corrected chi connectivity index (χ1v) is 8.57. The Morgan fingerprint density at radius 1 is 1.25 bits per heavy atom. The predicted molar refractivity (Wildman–Crippen MR) is 94.9 cm³/mol. The molecule has 24 heavy (non-hydrogen) atoms. The summed E-state index contributed by atoms with van der Waals surface area (Å²) in [5.41, 5.74) is 1.80. The van der Waals surface area contributed by atoms with E-state index in [1.165, 1.54) is 27.5 Å². The summed E-state index contributed by atoms with van der Waals surface area (Å²) in [6, 6.07) is 9.52. The van der Waals surface area contributed by atoms with Gasteiger partial charge in [-0.05, 0) is 33.0 Å². The Morgan fingerprint density at radius 2 is 2.00 bits per heavy atom. The van der Waals surface area contributed by atoms with Crippen molar-refractivity contribution < 1.29 is 4.74 Å². The molecule has 126 valence electrons. The van der Waals surface area contributed by atoms with E-state index in [0.717, 1.165) is 23.0 Å². The topological polar surface area (TPSA) is 59.7 Å². The molecule has 0 atom stereocenters. The molecule has 6 nitrogen and oxygen atoms in total. The van der Waals surface area contributed by atoms with Crippen LogP contribution in [0.4, 0.5) is 0 Å². The Morgan fingerprint density at radius 3 is 2.75 bits per heavy atom. The molecule has 3 rings (SSSR count). The SMILES string of the molecule is Cc1ccc(OCCN(C)Cc2nn3c(=O)cc(C)nc3s2)cc1. The first kappa shape index (κ1) is 16.6. The minimum Gasteiger partial charge on any atom is -0.492 e. The first-order valence-electron chi connectivity index (χ1n) is 7.76. The zero-order valence-corrected chi connectivity index (χ0v) is 14.8. The van der Waals surface area contributed by atoms with Gasteiger partial charge in [0, 0.05) is 18.3 Å². The van der Waals surface area contributed by atoms with Crippen molar-refractivity contribution in [3.05, 3.63) is 57.0 Å². The van der Waals surface area contributed by atoms with Crippen LogP contribution in [0.2, 0.25) is 0 Å². The fourth-order valence-corrected chi connectivity index (χ4v) is 3.31. The minimum absolute atomic E-state index is 0.134. The van der Waals surface area contributed by atoms with Gasteiger partial charge in [-0.15, -0.1) is 0 Å². The fraction of sp³-hybridized carbons (Fsp3) is 0.353. The van der Waals surface area contributed by atoms with E-state index >= 15 is 0 Å². The second-order valence-corrected chi connectivity index (χ2v) is 6.87. The van der Waals surface area contributed by atoms with Crippen molar-refractivity contribution in [3.8, 4) is 5.75 Å². The monoisotopic (exact) mass is 344 g/mol. The van der Waals surface area contributed by atoms with Crippen molar-refractivity contribution in [2.75, 3.05) is 20.2 Å². The van der Waals surface area contributed by atoms with Gasteiger partial charge in [-0.1, -0.05) is 29.0 Å². The summed E-state index contributed by atoms with van der Waals surface area (Å²) in [5, 5.41) is 5.21. The second kappa shape index (κ2) is 7.11. The van der Waals surface area contributed by atoms with E-state index in [4.69, 9.17) is 4.74 Å². The molecule has 0 aliphatic carbocycles. The van der Waals surface area contributed by atoms with E-state index in [2.05, 4.69) is 21.9 Å². The number of rotatable bonds is 6. The summed E-state index contributed by atoms with van der Waals surface area (Å²) in [7, 11) is 2.01. The number of hydrogen-bond donors (Lipinski definition) is 0. The molecule has 0 unspecified atom stereocenters. The first-order chi connectivity index (χ1) is 11.5. The largest absolute Gasteiger partial charge is 0.492 e. The van der Waals surface area contributed by atoms with E-state index in [9.17, 15) is 4.79 Å². The smallest absolute Gasteiger partial charge is 0.275 e. The lowest BCUT2D eigenvalue weighted by Crippen LogP contribution is -2.24. The Labute approximate surface area is 144 Å². The average molecular weight is 344 g/mol. The molecule has 0 fully saturated rings. The summed E-state index contributed by atoms with van der Waals surface area (Å²) < 4.78 is 7.10. The molecule has 0 aliphatic heterocycles. The summed E-state index contributed by atoms with van der Waals surface area (Å²) in [4.78, 5) is 19.0. The number of benzene rings is 1. The number of aryl methyl sites for hydroxylation is 2. The van der Waals surface area contributed by atoms with Gasteiger partial charge in [0.1, 0.15) is 17.4 Å². The maximum atomic E-state index is 11.9. The molecule has 0 aliphatic rings. The highest BCUT2D eigenvalue weighted by Gasteiger charge is 2.10. The molecule has 0 radical (unpaired) electrons. The number of nitrogens with zero attached hydrogens (tertiary/aromatic N) is 4. The quantitative estimate of drug-likeness (QED) is 0.687. The van der Waals surface area contributed by atoms with Crippen molar-refractivity contribution in [3.63, 3.8) is 0 Å². The molecular formula is C17H20N4O2S. The third-order valence-electron chi connectivity index (χ3n) is 3.58. The lowest BCUT2D eigenvalue weighted by atomic mass is 10.2. The second-order valence-electron chi connectivity index (χ2n) is 5.83. The van der Waals surface area contributed by atoms with Crippen LogP contribution in [-0.2, 0) is 6.54 Å². The molecule has 7 heteroatoms. The molecule has 0 saturated carbocycles. The molecule has 0 bridgehead atoms. The van der Waals surface area contributed by atoms with Crippen LogP contribution in [0.1, 0.15) is 16.3 Å². The predicted octanol–water partition coefficient (Wildman–Crippen LogP) is 2.28. The summed E-state index contributed by atoms with van der Waals surface area (Å²) in [6.07, 6.45) is 0. The molecule has 2 heterocycles. The van der Waals surface area contributed by atoms with Crippen LogP contribution >= 0.6 is 11.3 Å². The summed E-state index contributed by atoms with van der Waals surface area (Å²) in [6.45, 7) is 5.89. The van der Waals surface area contributed by atoms with Gasteiger partial charge in [0.2, 0.25) is 4.96 Å². The highest BCUT2D eigenvalue weighted by atomic mass is 32.1. The maximum Gasteiger partial charge on any atom is 0.275 e. The van der Waals surface area contributed by atoms with Crippen molar-refractivity contribution in [2.45, 2.75) is 20.4 Å². The number of aromatic nitrogens is 3. The highest BCUT2D eigenvalue weighted by molar-refractivity contribution is 7.16. The molecule has 0 saturated heterocycles. The van der Waals surface area contributed by atoms with Crippen molar-refractivity contribution >= 4 is 16.3 Å². The number of likely N-dealkylation sites (N-methyl/N-ethyl adjacent to an activating group) is 1. The van der Waals surface area contributed by atoms with E-state index in [-0.39, 0.29) is 5.56 Å². The zero-order valence-electron chi connectivity index (χ0n) is 14.0. The third-order valence-corrected chi connectivity index (χ3v) is 4.48. The van der Waals surface area contributed by atoms with Gasteiger partial charge < -0.3 is 4.74 Å². The van der Waals surface area contributed by atoms with Gasteiger partial charge in [0.15, 0.2) is 0 Å². The molecule has 0 amide bonds. The Kier molecular flexibility index (Phi) is 4.92. The van der Waals surface area contributed by atoms with Crippen molar-refractivity contribution in [1.29, 1.82) is 0 Å². The fourth-order valence-electron chi connectivity index (χ4n) is 2.29. The van der Waals surface area contributed by atoms with Crippen LogP contribution in [0.15, 0.2) is 35.1 Å². The van der Waals surface area contributed by atoms with Gasteiger partial charge in [-0.3, -0.25) is 9.69 Å². The lowest BCUT2D eigenvalue weighted by molar-refractivity contribution is 0.232. The highest BCUT2D eigenvalue weighted by Crippen LogP contribution is 2.14. The molecule has 0 N–H and O–H groups in total. The van der Waals surface area contributed by atoms with E-state index < -0.39 is 0 Å². The van der Waals surface area contributed by atoms with Crippen LogP contribution < -0.4 is 10.3 Å². The van der Waals surface area contributed by atoms with Gasteiger partial charge in [-0.25, -0.2) is 4.98 Å². The Balaban J connectivity index is 1.56. The lowest BCUT2D eigenvalue weighted by Gasteiger charge is -2.15. The molecular weight excluding hydrogens is 324 g/mol.